The number of carbonyl (C=O) groups is 1. The molecule has 1 amide bonds. The van der Waals surface area contributed by atoms with E-state index in [1.807, 2.05) is 32.0 Å². The van der Waals surface area contributed by atoms with E-state index in [-0.39, 0.29) is 6.54 Å². The van der Waals surface area contributed by atoms with E-state index in [0.717, 1.165) is 21.6 Å². The Balaban J connectivity index is 2.77. The maximum absolute atomic E-state index is 12.2. The lowest BCUT2D eigenvalue weighted by atomic mass is 10.1. The van der Waals surface area contributed by atoms with Gasteiger partial charge in [0, 0.05) is 13.6 Å². The summed E-state index contributed by atoms with van der Waals surface area (Å²) in [6.45, 7) is 4.09. The predicted octanol–water partition coefficient (Wildman–Crippen LogP) is 2.53. The van der Waals surface area contributed by atoms with E-state index in [1.165, 1.54) is 7.05 Å². The van der Waals surface area contributed by atoms with Crippen molar-refractivity contribution >= 4 is 5.91 Å². The number of nitrogens with zero attached hydrogens (tertiary/aromatic N) is 1. The first-order valence-corrected chi connectivity index (χ1v) is 5.01. The van der Waals surface area contributed by atoms with Crippen molar-refractivity contribution in [3.8, 4) is 0 Å². The maximum Gasteiger partial charge on any atom is 0.315 e. The second kappa shape index (κ2) is 5.05. The van der Waals surface area contributed by atoms with Gasteiger partial charge in [0.15, 0.2) is 0 Å². The van der Waals surface area contributed by atoms with Crippen molar-refractivity contribution in [2.45, 2.75) is 26.8 Å². The number of amides is 1. The van der Waals surface area contributed by atoms with Crippen molar-refractivity contribution < 1.29 is 13.6 Å². The summed E-state index contributed by atoms with van der Waals surface area (Å²) in [6.07, 6.45) is -2.93. The fourth-order valence-electron chi connectivity index (χ4n) is 1.52. The van der Waals surface area contributed by atoms with Crippen LogP contribution in [0.15, 0.2) is 18.2 Å². The van der Waals surface area contributed by atoms with Crippen molar-refractivity contribution in [3.63, 3.8) is 0 Å². The van der Waals surface area contributed by atoms with Crippen LogP contribution in [0.5, 0.6) is 0 Å². The highest BCUT2D eigenvalue weighted by Crippen LogP contribution is 2.13. The molecule has 88 valence electrons. The molecule has 0 saturated carbocycles. The van der Waals surface area contributed by atoms with Crippen LogP contribution in [0.2, 0.25) is 0 Å². The molecule has 0 bridgehead atoms. The molecule has 0 atom stereocenters. The average molecular weight is 227 g/mol. The van der Waals surface area contributed by atoms with Gasteiger partial charge in [-0.15, -0.1) is 0 Å². The number of hydrogen-bond donors (Lipinski definition) is 0. The van der Waals surface area contributed by atoms with Gasteiger partial charge in [-0.1, -0.05) is 23.8 Å². The van der Waals surface area contributed by atoms with Gasteiger partial charge in [-0.25, -0.2) is 0 Å². The minimum atomic E-state index is -2.93. The van der Waals surface area contributed by atoms with Crippen LogP contribution in [0.3, 0.4) is 0 Å². The molecule has 16 heavy (non-hydrogen) atoms. The van der Waals surface area contributed by atoms with Gasteiger partial charge in [-0.2, -0.15) is 8.78 Å². The Labute approximate surface area is 93.9 Å². The zero-order chi connectivity index (χ0) is 12.3. The molecule has 4 heteroatoms. The number of rotatable bonds is 3. The van der Waals surface area contributed by atoms with Crippen LogP contribution >= 0.6 is 0 Å². The van der Waals surface area contributed by atoms with E-state index < -0.39 is 12.3 Å². The average Bonchev–Trinajstić information content (AvgIpc) is 2.20. The molecule has 0 saturated heterocycles. The standard InChI is InChI=1S/C12H15F2NO/c1-8-4-5-10(9(2)6-8)7-15(3)12(16)11(13)14/h4-6,11H,7H2,1-3H3. The molecule has 0 N–H and O–H groups in total. The van der Waals surface area contributed by atoms with Crippen molar-refractivity contribution in [1.29, 1.82) is 0 Å². The molecule has 0 aliphatic heterocycles. The van der Waals surface area contributed by atoms with Gasteiger partial charge in [-0.3, -0.25) is 4.79 Å². The van der Waals surface area contributed by atoms with E-state index in [2.05, 4.69) is 0 Å². The van der Waals surface area contributed by atoms with Crippen LogP contribution in [0, 0.1) is 13.8 Å². The summed E-state index contributed by atoms with van der Waals surface area (Å²) in [4.78, 5) is 12.0. The Morgan fingerprint density at radius 3 is 2.50 bits per heavy atom. The van der Waals surface area contributed by atoms with E-state index in [4.69, 9.17) is 0 Å². The summed E-state index contributed by atoms with van der Waals surface area (Å²) in [5.41, 5.74) is 3.01. The Morgan fingerprint density at radius 1 is 1.38 bits per heavy atom. The molecule has 0 aromatic heterocycles. The zero-order valence-corrected chi connectivity index (χ0v) is 9.63. The zero-order valence-electron chi connectivity index (χ0n) is 9.63. The fourth-order valence-corrected chi connectivity index (χ4v) is 1.52. The highest BCUT2D eigenvalue weighted by Gasteiger charge is 2.20. The van der Waals surface area contributed by atoms with E-state index in [0.29, 0.717) is 0 Å². The minimum absolute atomic E-state index is 0.218. The highest BCUT2D eigenvalue weighted by molar-refractivity contribution is 5.79. The third-order valence-corrected chi connectivity index (χ3v) is 2.47. The summed E-state index contributed by atoms with van der Waals surface area (Å²) in [6, 6.07) is 5.74. The molecule has 1 aromatic rings. The monoisotopic (exact) mass is 227 g/mol. The topological polar surface area (TPSA) is 20.3 Å². The molecule has 0 fully saturated rings. The summed E-state index contributed by atoms with van der Waals surface area (Å²) >= 11 is 0. The predicted molar refractivity (Wildman–Crippen MR) is 58.4 cm³/mol. The maximum atomic E-state index is 12.2. The Hall–Kier alpha value is -1.45. The van der Waals surface area contributed by atoms with E-state index >= 15 is 0 Å². The molecule has 0 heterocycles. The normalized spacial score (nSPS) is 10.6. The van der Waals surface area contributed by atoms with Gasteiger partial charge < -0.3 is 4.90 Å². The smallest absolute Gasteiger partial charge is 0.315 e. The number of carbonyl (C=O) groups excluding carboxylic acids is 1. The van der Waals surface area contributed by atoms with Crippen LogP contribution < -0.4 is 0 Å². The Morgan fingerprint density at radius 2 is 2.00 bits per heavy atom. The SMILES string of the molecule is Cc1ccc(CN(C)C(=O)C(F)F)c(C)c1. The van der Waals surface area contributed by atoms with Crippen molar-refractivity contribution in [2.75, 3.05) is 7.05 Å². The second-order valence-electron chi connectivity index (χ2n) is 3.92. The molecule has 0 spiro atoms. The molecular weight excluding hydrogens is 212 g/mol. The van der Waals surface area contributed by atoms with Gasteiger partial charge in [-0.05, 0) is 25.0 Å². The minimum Gasteiger partial charge on any atom is -0.336 e. The summed E-state index contributed by atoms with van der Waals surface area (Å²) in [5, 5.41) is 0. The largest absolute Gasteiger partial charge is 0.336 e. The quantitative estimate of drug-likeness (QED) is 0.777. The Kier molecular flexibility index (Phi) is 3.99. The first kappa shape index (κ1) is 12.6. The highest BCUT2D eigenvalue weighted by atomic mass is 19.3. The van der Waals surface area contributed by atoms with Crippen LogP contribution in [0.25, 0.3) is 0 Å². The number of halogens is 2. The molecule has 1 rings (SSSR count). The first-order valence-electron chi connectivity index (χ1n) is 5.01. The van der Waals surface area contributed by atoms with Crippen molar-refractivity contribution in [2.24, 2.45) is 0 Å². The number of benzene rings is 1. The first-order chi connectivity index (χ1) is 7.41. The summed E-state index contributed by atoms with van der Waals surface area (Å²) in [5.74, 6) is -1.14. The van der Waals surface area contributed by atoms with Gasteiger partial charge in [0.25, 0.3) is 5.91 Å². The molecule has 2 nitrogen and oxygen atoms in total. The summed E-state index contributed by atoms with van der Waals surface area (Å²) < 4.78 is 24.3. The van der Waals surface area contributed by atoms with Gasteiger partial charge >= 0.3 is 6.43 Å². The van der Waals surface area contributed by atoms with Crippen LogP contribution in [0.4, 0.5) is 8.78 Å². The van der Waals surface area contributed by atoms with Crippen LogP contribution in [0.1, 0.15) is 16.7 Å². The molecule has 1 aromatic carbocycles. The van der Waals surface area contributed by atoms with Gasteiger partial charge in [0.1, 0.15) is 0 Å². The molecule has 0 aliphatic rings. The lowest BCUT2D eigenvalue weighted by molar-refractivity contribution is -0.141. The lowest BCUT2D eigenvalue weighted by Gasteiger charge is -2.18. The van der Waals surface area contributed by atoms with Gasteiger partial charge in [0.05, 0.1) is 0 Å². The van der Waals surface area contributed by atoms with Crippen molar-refractivity contribution in [1.82, 2.24) is 4.90 Å². The van der Waals surface area contributed by atoms with Gasteiger partial charge in [0.2, 0.25) is 0 Å². The molecule has 0 unspecified atom stereocenters. The third kappa shape index (κ3) is 3.02. The third-order valence-electron chi connectivity index (χ3n) is 2.47. The summed E-state index contributed by atoms with van der Waals surface area (Å²) in [7, 11) is 1.38. The van der Waals surface area contributed by atoms with E-state index in [9.17, 15) is 13.6 Å². The Bertz CT molecular complexity index is 391. The van der Waals surface area contributed by atoms with Crippen LogP contribution in [-0.2, 0) is 11.3 Å². The number of hydrogen-bond acceptors (Lipinski definition) is 1. The molecule has 0 radical (unpaired) electrons. The lowest BCUT2D eigenvalue weighted by Crippen LogP contribution is -2.31. The number of alkyl halides is 2. The molecular formula is C12H15F2NO. The van der Waals surface area contributed by atoms with Crippen molar-refractivity contribution in [3.05, 3.63) is 34.9 Å². The molecule has 0 aliphatic carbocycles. The van der Waals surface area contributed by atoms with Crippen LogP contribution in [-0.4, -0.2) is 24.3 Å². The van der Waals surface area contributed by atoms with E-state index in [1.54, 1.807) is 0 Å². The second-order valence-corrected chi connectivity index (χ2v) is 3.92. The fraction of sp³-hybridized carbons (Fsp3) is 0.417. The number of aryl methyl sites for hydroxylation is 2.